The largest absolute Gasteiger partial charge is 0.493 e. The van der Waals surface area contributed by atoms with Gasteiger partial charge >= 0.3 is 0 Å². The summed E-state index contributed by atoms with van der Waals surface area (Å²) in [5.74, 6) is 1.85. The Kier molecular flexibility index (Phi) is 11.1. The van der Waals surface area contributed by atoms with Crippen molar-refractivity contribution in [1.82, 2.24) is 0 Å². The second-order valence-electron chi connectivity index (χ2n) is 9.22. The van der Waals surface area contributed by atoms with Gasteiger partial charge in [-0.1, -0.05) is 71.1 Å². The summed E-state index contributed by atoms with van der Waals surface area (Å²) in [6.07, 6.45) is 12.7. The second-order valence-corrected chi connectivity index (χ2v) is 9.22. The first-order valence-electron chi connectivity index (χ1n) is 11.6. The number of aliphatic hydroxyl groups excluding tert-OH is 1. The molecule has 0 saturated carbocycles. The van der Waals surface area contributed by atoms with E-state index in [-0.39, 0.29) is 17.4 Å². The molecule has 174 valence electrons. The van der Waals surface area contributed by atoms with Crippen LogP contribution in [0.3, 0.4) is 0 Å². The third kappa shape index (κ3) is 7.57. The maximum Gasteiger partial charge on any atom is 0.122 e. The van der Waals surface area contributed by atoms with Crippen molar-refractivity contribution in [2.24, 2.45) is 5.41 Å². The maximum atomic E-state index is 10.3. The Morgan fingerprint density at radius 2 is 1.71 bits per heavy atom. The van der Waals surface area contributed by atoms with Crippen LogP contribution in [0.15, 0.2) is 54.3 Å². The van der Waals surface area contributed by atoms with Gasteiger partial charge in [-0.05, 0) is 68.7 Å². The molecular formula is C28H44O3. The molecule has 1 unspecified atom stereocenters. The molecule has 1 rings (SSSR count). The zero-order valence-electron chi connectivity index (χ0n) is 21.0. The van der Waals surface area contributed by atoms with Gasteiger partial charge in [-0.25, -0.2) is 0 Å². The summed E-state index contributed by atoms with van der Waals surface area (Å²) in [4.78, 5) is 0. The van der Waals surface area contributed by atoms with Gasteiger partial charge in [-0.15, -0.1) is 0 Å². The van der Waals surface area contributed by atoms with Gasteiger partial charge in [-0.3, -0.25) is 0 Å². The molecule has 0 saturated heterocycles. The van der Waals surface area contributed by atoms with Gasteiger partial charge in [-0.2, -0.15) is 0 Å². The molecule has 3 heteroatoms. The zero-order chi connectivity index (χ0) is 23.5. The Morgan fingerprint density at radius 1 is 1.06 bits per heavy atom. The first-order chi connectivity index (χ1) is 14.7. The summed E-state index contributed by atoms with van der Waals surface area (Å²) in [5.41, 5.74) is 1.93. The molecule has 1 aromatic rings. The van der Waals surface area contributed by atoms with Crippen LogP contribution in [0.5, 0.6) is 5.75 Å². The number of aliphatic hydroxyl groups is 1. The van der Waals surface area contributed by atoms with E-state index in [1.165, 1.54) is 5.56 Å². The predicted molar refractivity (Wildman–Crippen MR) is 133 cm³/mol. The van der Waals surface area contributed by atoms with E-state index >= 15 is 0 Å². The smallest absolute Gasteiger partial charge is 0.122 e. The topological polar surface area (TPSA) is 38.7 Å². The third-order valence-electron chi connectivity index (χ3n) is 6.05. The summed E-state index contributed by atoms with van der Waals surface area (Å²) < 4.78 is 12.3. The van der Waals surface area contributed by atoms with Crippen molar-refractivity contribution in [2.75, 3.05) is 13.2 Å². The van der Waals surface area contributed by atoms with Crippen molar-refractivity contribution < 1.29 is 14.6 Å². The van der Waals surface area contributed by atoms with Crippen LogP contribution in [0.2, 0.25) is 0 Å². The van der Waals surface area contributed by atoms with Crippen LogP contribution in [0, 0.1) is 12.3 Å². The highest BCUT2D eigenvalue weighted by molar-refractivity contribution is 5.43. The third-order valence-corrected chi connectivity index (χ3v) is 6.05. The molecule has 0 aromatic heterocycles. The first-order valence-corrected chi connectivity index (χ1v) is 11.6. The van der Waals surface area contributed by atoms with E-state index in [2.05, 4.69) is 51.1 Å². The quantitative estimate of drug-likeness (QED) is 0.281. The number of ether oxygens (including phenoxy) is 2. The Labute approximate surface area is 190 Å². The number of allylic oxidation sites excluding steroid dienone is 5. The van der Waals surface area contributed by atoms with Gasteiger partial charge in [0.05, 0.1) is 11.5 Å². The molecule has 0 amide bonds. The van der Waals surface area contributed by atoms with Crippen LogP contribution in [0.1, 0.15) is 78.9 Å². The molecule has 1 N–H and O–H groups in total. The van der Waals surface area contributed by atoms with Crippen LogP contribution >= 0.6 is 0 Å². The van der Waals surface area contributed by atoms with Crippen molar-refractivity contribution in [2.45, 2.75) is 86.2 Å². The maximum absolute atomic E-state index is 10.3. The first kappa shape index (κ1) is 27.0. The minimum Gasteiger partial charge on any atom is -0.493 e. The average Bonchev–Trinajstić information content (AvgIpc) is 2.73. The fraction of sp³-hybridized carbons (Fsp3) is 0.571. The molecule has 0 aliphatic heterocycles. The SMILES string of the molecule is C/C=C\CO/C(=C\C/C=C/C)C(CC)(CC)c1ccc(OCC(O)C(C)(C)C)c(C)c1. The van der Waals surface area contributed by atoms with Gasteiger partial charge in [0.1, 0.15) is 24.7 Å². The molecule has 31 heavy (non-hydrogen) atoms. The van der Waals surface area contributed by atoms with Crippen LogP contribution in [-0.4, -0.2) is 24.4 Å². The van der Waals surface area contributed by atoms with E-state index in [0.717, 1.165) is 36.3 Å². The van der Waals surface area contributed by atoms with Crippen LogP contribution in [0.4, 0.5) is 0 Å². The zero-order valence-corrected chi connectivity index (χ0v) is 21.0. The molecule has 1 aromatic carbocycles. The molecule has 0 bridgehead atoms. The Bertz CT molecular complexity index is 746. The lowest BCUT2D eigenvalue weighted by Gasteiger charge is -2.35. The summed E-state index contributed by atoms with van der Waals surface area (Å²) >= 11 is 0. The van der Waals surface area contributed by atoms with E-state index in [9.17, 15) is 5.11 Å². The summed E-state index contributed by atoms with van der Waals surface area (Å²) in [6, 6.07) is 6.41. The van der Waals surface area contributed by atoms with Crippen molar-refractivity contribution in [3.8, 4) is 5.75 Å². The van der Waals surface area contributed by atoms with Gasteiger partial charge in [0, 0.05) is 0 Å². The van der Waals surface area contributed by atoms with Crippen molar-refractivity contribution in [3.05, 3.63) is 65.5 Å². The van der Waals surface area contributed by atoms with E-state index in [0.29, 0.717) is 6.61 Å². The van der Waals surface area contributed by atoms with Gasteiger partial charge < -0.3 is 14.6 Å². The summed E-state index contributed by atoms with van der Waals surface area (Å²) in [5, 5.41) is 10.3. The molecule has 1 atom stereocenters. The normalized spacial score (nSPS) is 14.4. The molecule has 0 spiro atoms. The number of hydrogen-bond donors (Lipinski definition) is 1. The van der Waals surface area contributed by atoms with Crippen LogP contribution < -0.4 is 4.74 Å². The second kappa shape index (κ2) is 12.8. The van der Waals surface area contributed by atoms with E-state index in [1.54, 1.807) is 0 Å². The Morgan fingerprint density at radius 3 is 2.23 bits per heavy atom. The van der Waals surface area contributed by atoms with E-state index in [4.69, 9.17) is 9.47 Å². The monoisotopic (exact) mass is 428 g/mol. The van der Waals surface area contributed by atoms with Gasteiger partial charge in [0.15, 0.2) is 0 Å². The van der Waals surface area contributed by atoms with Crippen molar-refractivity contribution >= 4 is 0 Å². The molecule has 0 aliphatic rings. The molecule has 3 nitrogen and oxygen atoms in total. The molecule has 0 fully saturated rings. The lowest BCUT2D eigenvalue weighted by molar-refractivity contribution is 0.0216. The summed E-state index contributed by atoms with van der Waals surface area (Å²) in [7, 11) is 0. The molecule has 0 radical (unpaired) electrons. The van der Waals surface area contributed by atoms with Gasteiger partial charge in [0.2, 0.25) is 0 Å². The molecular weight excluding hydrogens is 384 g/mol. The van der Waals surface area contributed by atoms with E-state index < -0.39 is 6.10 Å². The van der Waals surface area contributed by atoms with Crippen molar-refractivity contribution in [3.63, 3.8) is 0 Å². The lowest BCUT2D eigenvalue weighted by Crippen LogP contribution is -2.32. The predicted octanol–water partition coefficient (Wildman–Crippen LogP) is 7.28. The fourth-order valence-electron chi connectivity index (χ4n) is 3.61. The molecule has 0 heterocycles. The highest BCUT2D eigenvalue weighted by Gasteiger charge is 2.35. The van der Waals surface area contributed by atoms with Crippen LogP contribution in [-0.2, 0) is 10.2 Å². The Balaban J connectivity index is 3.26. The number of benzene rings is 1. The molecule has 0 aliphatic carbocycles. The average molecular weight is 429 g/mol. The number of hydrogen-bond acceptors (Lipinski definition) is 3. The number of rotatable bonds is 12. The minimum atomic E-state index is -0.516. The highest BCUT2D eigenvalue weighted by Crippen LogP contribution is 2.41. The van der Waals surface area contributed by atoms with Crippen LogP contribution in [0.25, 0.3) is 0 Å². The summed E-state index contributed by atoms with van der Waals surface area (Å²) in [6.45, 7) is 17.5. The van der Waals surface area contributed by atoms with Gasteiger partial charge in [0.25, 0.3) is 0 Å². The standard InChI is InChI=1S/C28H44O3/c1-9-13-15-16-26(30-19-14-10-2)28(11-3,12-4)23-17-18-24(22(5)20-23)31-21-25(29)27(6,7)8/h9-10,13-14,16-18,20,25,29H,11-12,15,19,21H2,1-8H3/b13-9+,14-10-,26-16-. The van der Waals surface area contributed by atoms with E-state index in [1.807, 2.05) is 52.8 Å². The Hall–Kier alpha value is -2.00. The van der Waals surface area contributed by atoms with Crippen molar-refractivity contribution in [1.29, 1.82) is 0 Å². The fourth-order valence-corrected chi connectivity index (χ4v) is 3.61. The lowest BCUT2D eigenvalue weighted by atomic mass is 9.73. The minimum absolute atomic E-state index is 0.183. The number of aryl methyl sites for hydroxylation is 1. The highest BCUT2D eigenvalue weighted by atomic mass is 16.5.